The molecule has 3 heteroatoms. The maximum atomic E-state index is 4.94. The molecule has 2 aliphatic carbocycles. The van der Waals surface area contributed by atoms with E-state index >= 15 is 0 Å². The number of ether oxygens (including phenoxy) is 1. The number of nitrogens with zero attached hydrogens (tertiary/aromatic N) is 1. The molecule has 1 aliphatic heterocycles. The van der Waals surface area contributed by atoms with Gasteiger partial charge in [0.2, 0.25) is 0 Å². The Morgan fingerprint density at radius 1 is 0.714 bits per heavy atom. The molecule has 10 radical (unpaired) electrons. The molecule has 0 unspecified atom stereocenters. The molecular formula is C18H27NOZr+2. The maximum absolute atomic E-state index is 4.94. The van der Waals surface area contributed by atoms with Crippen LogP contribution in [0.25, 0.3) is 0 Å². The Morgan fingerprint density at radius 2 is 0.952 bits per heavy atom. The molecule has 0 amide bonds. The maximum Gasteiger partial charge on any atom is -0.0312 e. The van der Waals surface area contributed by atoms with E-state index < -0.39 is 0 Å². The molecule has 2 nitrogen and oxygen atoms in total. The van der Waals surface area contributed by atoms with Crippen molar-refractivity contribution in [3.05, 3.63) is 64.2 Å². The second-order valence-electron chi connectivity index (χ2n) is 5.53. The molecule has 0 aromatic rings. The van der Waals surface area contributed by atoms with Crippen LogP contribution >= 0.6 is 0 Å². The van der Waals surface area contributed by atoms with Gasteiger partial charge in [0.1, 0.15) is 0 Å². The van der Waals surface area contributed by atoms with E-state index in [1.165, 1.54) is 37.4 Å². The van der Waals surface area contributed by atoms with Gasteiger partial charge in [-0.15, -0.1) is 0 Å². The van der Waals surface area contributed by atoms with Gasteiger partial charge in [0, 0.05) is 13.2 Å². The Kier molecular flexibility index (Phi) is 16.0. The molecular weight excluding hydrogens is 337 g/mol. The SMILES string of the molecule is C1CCOC1.CC(C)(C)[N]=[Zr+2].[CH]1[CH][CH][CH][CH]1.[CH]1[CH][CH][CH][CH]1. The van der Waals surface area contributed by atoms with Crippen molar-refractivity contribution < 1.29 is 29.3 Å². The molecule has 0 aromatic carbocycles. The Balaban J connectivity index is 0.000000254. The minimum Gasteiger partial charge on any atom is -0.0312 e. The molecule has 112 valence electrons. The first kappa shape index (κ1) is 21.6. The first-order valence-electron chi connectivity index (χ1n) is 7.36. The monoisotopic (exact) mass is 363 g/mol. The average molecular weight is 365 g/mol. The summed E-state index contributed by atoms with van der Waals surface area (Å²) in [6, 6.07) is 0. The zero-order valence-corrected chi connectivity index (χ0v) is 15.9. The Bertz CT molecular complexity index is 167. The number of hydrogen-bond acceptors (Lipinski definition) is 2. The summed E-state index contributed by atoms with van der Waals surface area (Å²) in [5.74, 6) is 0. The van der Waals surface area contributed by atoms with Crippen molar-refractivity contribution in [1.82, 2.24) is 0 Å². The van der Waals surface area contributed by atoms with Crippen LogP contribution in [0.2, 0.25) is 0 Å². The summed E-state index contributed by atoms with van der Waals surface area (Å²) in [5.41, 5.74) is 0.207. The van der Waals surface area contributed by atoms with Gasteiger partial charge in [-0.25, -0.2) is 0 Å². The fraction of sp³-hybridized carbons (Fsp3) is 0.444. The van der Waals surface area contributed by atoms with Gasteiger partial charge < -0.3 is 4.74 Å². The minimum absolute atomic E-state index is 0.207. The molecule has 3 aliphatic rings. The summed E-state index contributed by atoms with van der Waals surface area (Å²) in [6.45, 7) is 8.30. The molecule has 2 saturated carbocycles. The van der Waals surface area contributed by atoms with Gasteiger partial charge in [0.15, 0.2) is 0 Å². The summed E-state index contributed by atoms with van der Waals surface area (Å²) >= 11 is 1.28. The van der Waals surface area contributed by atoms with Crippen molar-refractivity contribution in [2.45, 2.75) is 39.2 Å². The predicted molar refractivity (Wildman–Crippen MR) is 85.2 cm³/mol. The standard InChI is InChI=1S/2C5H5.C4H9N.C4H8O.Zr/c2*1-2-4-5-3-1;1-4(2,3)5;1-2-4-5-3-1;/h2*1-5H;1-3H3;1-4H2;/q;;;;+2. The van der Waals surface area contributed by atoms with Crippen molar-refractivity contribution in [3.63, 3.8) is 0 Å². The molecule has 1 heterocycles. The predicted octanol–water partition coefficient (Wildman–Crippen LogP) is 4.36. The van der Waals surface area contributed by atoms with Gasteiger partial charge >= 0.3 is 53.7 Å². The van der Waals surface area contributed by atoms with Crippen molar-refractivity contribution in [3.8, 4) is 0 Å². The smallest absolute Gasteiger partial charge is 0.0312 e. The summed E-state index contributed by atoms with van der Waals surface area (Å²) in [4.78, 5) is 0. The largest absolute Gasteiger partial charge is 0.0312 e. The van der Waals surface area contributed by atoms with E-state index in [4.69, 9.17) is 4.74 Å². The molecule has 21 heavy (non-hydrogen) atoms. The molecule has 0 atom stereocenters. The fourth-order valence-corrected chi connectivity index (χ4v) is 1.15. The van der Waals surface area contributed by atoms with E-state index in [1.807, 2.05) is 64.2 Å². The quantitative estimate of drug-likeness (QED) is 0.626. The number of hydrogen-bond donors (Lipinski definition) is 0. The van der Waals surface area contributed by atoms with Gasteiger partial charge in [-0.3, -0.25) is 0 Å². The van der Waals surface area contributed by atoms with E-state index in [9.17, 15) is 0 Å². The van der Waals surface area contributed by atoms with Crippen LogP contribution in [-0.2, 0) is 29.3 Å². The third-order valence-electron chi connectivity index (χ3n) is 2.27. The molecule has 1 saturated heterocycles. The summed E-state index contributed by atoms with van der Waals surface area (Å²) in [6.07, 6.45) is 22.6. The van der Waals surface area contributed by atoms with Crippen LogP contribution in [0.15, 0.2) is 2.87 Å². The van der Waals surface area contributed by atoms with Crippen molar-refractivity contribution in [2.75, 3.05) is 13.2 Å². The van der Waals surface area contributed by atoms with Gasteiger partial charge in [-0.1, -0.05) is 0 Å². The molecule has 0 N–H and O–H groups in total. The molecule has 0 bridgehead atoms. The van der Waals surface area contributed by atoms with E-state index in [0.29, 0.717) is 0 Å². The third kappa shape index (κ3) is 20.6. The van der Waals surface area contributed by atoms with Crippen LogP contribution < -0.4 is 0 Å². The summed E-state index contributed by atoms with van der Waals surface area (Å²) in [5, 5.41) is 0. The van der Waals surface area contributed by atoms with Crippen molar-refractivity contribution in [1.29, 1.82) is 0 Å². The summed E-state index contributed by atoms with van der Waals surface area (Å²) < 4.78 is 9.06. The fourth-order valence-electron chi connectivity index (χ4n) is 1.15. The zero-order chi connectivity index (χ0) is 15.8. The minimum atomic E-state index is 0.207. The summed E-state index contributed by atoms with van der Waals surface area (Å²) in [7, 11) is 0. The molecule has 3 rings (SSSR count). The Labute approximate surface area is 148 Å². The van der Waals surface area contributed by atoms with Gasteiger partial charge in [-0.2, -0.15) is 0 Å². The first-order chi connectivity index (χ1) is 10.1. The van der Waals surface area contributed by atoms with E-state index in [2.05, 4.69) is 23.6 Å². The van der Waals surface area contributed by atoms with Crippen LogP contribution in [0, 0.1) is 64.2 Å². The van der Waals surface area contributed by atoms with E-state index in [1.54, 1.807) is 0 Å². The van der Waals surface area contributed by atoms with Crippen molar-refractivity contribution >= 4 is 0 Å². The van der Waals surface area contributed by atoms with Crippen molar-refractivity contribution in [2.24, 2.45) is 2.87 Å². The Morgan fingerprint density at radius 3 is 1.05 bits per heavy atom. The normalized spacial score (nSPS) is 20.4. The third-order valence-corrected chi connectivity index (χ3v) is 3.92. The second-order valence-corrected chi connectivity index (χ2v) is 6.08. The molecule has 3 fully saturated rings. The van der Waals surface area contributed by atoms with Gasteiger partial charge in [0.25, 0.3) is 0 Å². The van der Waals surface area contributed by atoms with E-state index in [0.717, 1.165) is 13.2 Å². The van der Waals surface area contributed by atoms with Crippen LogP contribution in [0.4, 0.5) is 0 Å². The van der Waals surface area contributed by atoms with Crippen LogP contribution in [-0.4, -0.2) is 18.8 Å². The van der Waals surface area contributed by atoms with Crippen LogP contribution in [0.1, 0.15) is 33.6 Å². The second kappa shape index (κ2) is 15.5. The van der Waals surface area contributed by atoms with E-state index in [-0.39, 0.29) is 5.54 Å². The molecule has 0 spiro atoms. The molecule has 0 aromatic heterocycles. The van der Waals surface area contributed by atoms with Gasteiger partial charge in [-0.05, 0) is 77.0 Å². The topological polar surface area (TPSA) is 21.6 Å². The Hall–Kier alpha value is 0.643. The first-order valence-corrected chi connectivity index (χ1v) is 8.46. The number of rotatable bonds is 0. The zero-order valence-electron chi connectivity index (χ0n) is 13.5. The van der Waals surface area contributed by atoms with Crippen LogP contribution in [0.5, 0.6) is 0 Å². The van der Waals surface area contributed by atoms with Gasteiger partial charge in [0.05, 0.1) is 0 Å². The average Bonchev–Trinajstić information content (AvgIpc) is 3.26. The van der Waals surface area contributed by atoms with Crippen LogP contribution in [0.3, 0.4) is 0 Å².